The van der Waals surface area contributed by atoms with E-state index in [1.807, 2.05) is 13.8 Å². The second-order valence-corrected chi connectivity index (χ2v) is 4.41. The van der Waals surface area contributed by atoms with Crippen molar-refractivity contribution in [1.29, 1.82) is 0 Å². The molecular weight excluding hydrogens is 235 g/mol. The fourth-order valence-corrected chi connectivity index (χ4v) is 1.24. The van der Waals surface area contributed by atoms with Crippen LogP contribution in [0.5, 0.6) is 0 Å². The molecule has 0 aromatic heterocycles. The van der Waals surface area contributed by atoms with Crippen LogP contribution in [0.1, 0.15) is 19.4 Å². The highest BCUT2D eigenvalue weighted by Crippen LogP contribution is 2.01. The number of nitrogens with one attached hydrogen (secondary N) is 2. The maximum Gasteiger partial charge on any atom is 0.309 e. The van der Waals surface area contributed by atoms with Gasteiger partial charge in [0, 0.05) is 13.1 Å². The van der Waals surface area contributed by atoms with Gasteiger partial charge in [-0.1, -0.05) is 26.0 Å². The Balaban J connectivity index is 2.36. The summed E-state index contributed by atoms with van der Waals surface area (Å²) in [4.78, 5) is 22.7. The molecule has 0 spiro atoms. The first-order valence-electron chi connectivity index (χ1n) is 5.79. The third-order valence-electron chi connectivity index (χ3n) is 2.24. The van der Waals surface area contributed by atoms with E-state index in [-0.39, 0.29) is 12.4 Å². The smallest absolute Gasteiger partial charge is 0.309 e. The molecule has 98 valence electrons. The molecule has 0 aliphatic rings. The number of amides is 2. The Morgan fingerprint density at radius 3 is 2.22 bits per heavy atom. The van der Waals surface area contributed by atoms with Gasteiger partial charge in [-0.3, -0.25) is 9.59 Å². The molecule has 0 bridgehead atoms. The molecular formula is C13H17FN2O2. The van der Waals surface area contributed by atoms with E-state index in [0.29, 0.717) is 12.5 Å². The Labute approximate surface area is 106 Å². The van der Waals surface area contributed by atoms with Gasteiger partial charge in [-0.05, 0) is 23.6 Å². The topological polar surface area (TPSA) is 58.2 Å². The van der Waals surface area contributed by atoms with Crippen molar-refractivity contribution in [1.82, 2.24) is 10.6 Å². The van der Waals surface area contributed by atoms with E-state index in [0.717, 1.165) is 5.56 Å². The molecule has 0 heterocycles. The quantitative estimate of drug-likeness (QED) is 0.791. The third kappa shape index (κ3) is 4.95. The van der Waals surface area contributed by atoms with Crippen molar-refractivity contribution < 1.29 is 14.0 Å². The van der Waals surface area contributed by atoms with Crippen molar-refractivity contribution in [2.24, 2.45) is 5.92 Å². The molecule has 0 fully saturated rings. The number of rotatable bonds is 4. The van der Waals surface area contributed by atoms with Crippen LogP contribution < -0.4 is 10.6 Å². The monoisotopic (exact) mass is 252 g/mol. The van der Waals surface area contributed by atoms with E-state index in [1.54, 1.807) is 12.1 Å². The number of hydrogen-bond acceptors (Lipinski definition) is 2. The first kappa shape index (κ1) is 14.2. The normalized spacial score (nSPS) is 10.2. The first-order chi connectivity index (χ1) is 8.49. The first-order valence-corrected chi connectivity index (χ1v) is 5.79. The van der Waals surface area contributed by atoms with Gasteiger partial charge in [0.25, 0.3) is 0 Å². The van der Waals surface area contributed by atoms with E-state index in [4.69, 9.17) is 0 Å². The molecule has 1 aromatic carbocycles. The van der Waals surface area contributed by atoms with Crippen LogP contribution >= 0.6 is 0 Å². The Hall–Kier alpha value is -1.91. The van der Waals surface area contributed by atoms with Gasteiger partial charge in [-0.15, -0.1) is 0 Å². The molecule has 1 aromatic rings. The van der Waals surface area contributed by atoms with Crippen molar-refractivity contribution in [3.8, 4) is 0 Å². The van der Waals surface area contributed by atoms with E-state index in [9.17, 15) is 14.0 Å². The van der Waals surface area contributed by atoms with Crippen LogP contribution in [0.3, 0.4) is 0 Å². The van der Waals surface area contributed by atoms with E-state index in [2.05, 4.69) is 10.6 Å². The van der Waals surface area contributed by atoms with Crippen molar-refractivity contribution in [3.05, 3.63) is 35.6 Å². The predicted octanol–water partition coefficient (Wildman–Crippen LogP) is 1.21. The molecule has 2 amide bonds. The molecule has 0 saturated carbocycles. The van der Waals surface area contributed by atoms with Gasteiger partial charge in [-0.2, -0.15) is 0 Å². The Bertz CT molecular complexity index is 416. The molecule has 4 nitrogen and oxygen atoms in total. The number of carbonyl (C=O) groups is 2. The molecule has 0 aliphatic heterocycles. The lowest BCUT2D eigenvalue weighted by atomic mass is 10.2. The largest absolute Gasteiger partial charge is 0.348 e. The Kier molecular flexibility index (Phi) is 5.30. The van der Waals surface area contributed by atoms with Crippen LogP contribution in [-0.2, 0) is 16.1 Å². The lowest BCUT2D eigenvalue weighted by Crippen LogP contribution is -2.40. The lowest BCUT2D eigenvalue weighted by molar-refractivity contribution is -0.139. The molecule has 5 heteroatoms. The van der Waals surface area contributed by atoms with Crippen molar-refractivity contribution in [2.75, 3.05) is 6.54 Å². The summed E-state index contributed by atoms with van der Waals surface area (Å²) in [5, 5.41) is 4.98. The minimum absolute atomic E-state index is 0.203. The minimum atomic E-state index is -0.681. The maximum atomic E-state index is 12.6. The highest BCUT2D eigenvalue weighted by Gasteiger charge is 2.12. The zero-order valence-electron chi connectivity index (χ0n) is 10.5. The highest BCUT2D eigenvalue weighted by molar-refractivity contribution is 6.35. The van der Waals surface area contributed by atoms with Gasteiger partial charge < -0.3 is 10.6 Å². The summed E-state index contributed by atoms with van der Waals surface area (Å²) in [7, 11) is 0. The molecule has 0 atom stereocenters. The Morgan fingerprint density at radius 2 is 1.67 bits per heavy atom. The van der Waals surface area contributed by atoms with Crippen LogP contribution in [0.2, 0.25) is 0 Å². The number of benzene rings is 1. The standard InChI is InChI=1S/C13H17FN2O2/c1-9(2)7-15-12(17)13(18)16-8-10-3-5-11(14)6-4-10/h3-6,9H,7-8H2,1-2H3,(H,15,17)(H,16,18). The van der Waals surface area contributed by atoms with Crippen LogP contribution in [0, 0.1) is 11.7 Å². The number of halogens is 1. The van der Waals surface area contributed by atoms with Crippen molar-refractivity contribution in [3.63, 3.8) is 0 Å². The lowest BCUT2D eigenvalue weighted by Gasteiger charge is -2.08. The van der Waals surface area contributed by atoms with Crippen LogP contribution in [-0.4, -0.2) is 18.4 Å². The SMILES string of the molecule is CC(C)CNC(=O)C(=O)NCc1ccc(F)cc1. The highest BCUT2D eigenvalue weighted by atomic mass is 19.1. The molecule has 2 N–H and O–H groups in total. The molecule has 18 heavy (non-hydrogen) atoms. The van der Waals surface area contributed by atoms with Gasteiger partial charge in [-0.25, -0.2) is 4.39 Å². The number of carbonyl (C=O) groups excluding carboxylic acids is 2. The van der Waals surface area contributed by atoms with Crippen LogP contribution in [0.25, 0.3) is 0 Å². The second kappa shape index (κ2) is 6.74. The summed E-state index contributed by atoms with van der Waals surface area (Å²) < 4.78 is 12.6. The van der Waals surface area contributed by atoms with E-state index >= 15 is 0 Å². The second-order valence-electron chi connectivity index (χ2n) is 4.41. The molecule has 1 rings (SSSR count). The molecule has 0 unspecified atom stereocenters. The summed E-state index contributed by atoms with van der Waals surface area (Å²) in [6, 6.07) is 5.73. The van der Waals surface area contributed by atoms with Gasteiger partial charge in [0.2, 0.25) is 0 Å². The van der Waals surface area contributed by atoms with E-state index < -0.39 is 11.8 Å². The fourth-order valence-electron chi connectivity index (χ4n) is 1.24. The summed E-state index contributed by atoms with van der Waals surface area (Å²) >= 11 is 0. The van der Waals surface area contributed by atoms with E-state index in [1.165, 1.54) is 12.1 Å². The zero-order chi connectivity index (χ0) is 13.5. The average Bonchev–Trinajstić information content (AvgIpc) is 2.34. The fraction of sp³-hybridized carbons (Fsp3) is 0.385. The number of hydrogen-bond donors (Lipinski definition) is 2. The molecule has 0 saturated heterocycles. The molecule has 0 radical (unpaired) electrons. The summed E-state index contributed by atoms with van der Waals surface area (Å²) in [6.07, 6.45) is 0. The van der Waals surface area contributed by atoms with Gasteiger partial charge in [0.05, 0.1) is 0 Å². The molecule has 0 aliphatic carbocycles. The van der Waals surface area contributed by atoms with Crippen molar-refractivity contribution >= 4 is 11.8 Å². The third-order valence-corrected chi connectivity index (χ3v) is 2.24. The summed E-state index contributed by atoms with van der Waals surface area (Å²) in [5.74, 6) is -1.37. The zero-order valence-corrected chi connectivity index (χ0v) is 10.5. The van der Waals surface area contributed by atoms with Crippen LogP contribution in [0.4, 0.5) is 4.39 Å². The maximum absolute atomic E-state index is 12.6. The summed E-state index contributed by atoms with van der Waals surface area (Å²) in [5.41, 5.74) is 0.737. The van der Waals surface area contributed by atoms with Gasteiger partial charge in [0.15, 0.2) is 0 Å². The predicted molar refractivity (Wildman–Crippen MR) is 66.1 cm³/mol. The minimum Gasteiger partial charge on any atom is -0.348 e. The average molecular weight is 252 g/mol. The summed E-state index contributed by atoms with van der Waals surface area (Å²) in [6.45, 7) is 4.55. The van der Waals surface area contributed by atoms with Gasteiger partial charge >= 0.3 is 11.8 Å². The van der Waals surface area contributed by atoms with Crippen LogP contribution in [0.15, 0.2) is 24.3 Å². The van der Waals surface area contributed by atoms with Crippen molar-refractivity contribution in [2.45, 2.75) is 20.4 Å². The Morgan fingerprint density at radius 1 is 1.11 bits per heavy atom. The van der Waals surface area contributed by atoms with Gasteiger partial charge in [0.1, 0.15) is 5.82 Å².